The third kappa shape index (κ3) is 3.76. The molecule has 0 aliphatic carbocycles. The van der Waals surface area contributed by atoms with Gasteiger partial charge in [-0.25, -0.2) is 0 Å². The van der Waals surface area contributed by atoms with E-state index in [1.807, 2.05) is 32.6 Å². The topological polar surface area (TPSA) is 49.8 Å². The Morgan fingerprint density at radius 2 is 2.06 bits per heavy atom. The number of ether oxygens (including phenoxy) is 1. The molecule has 16 heavy (non-hydrogen) atoms. The number of β-amino-alcohol motifs (C(OH)–C–C–N with tert-alkyl or cyclic N) is 1. The average molecular weight is 229 g/mol. The van der Waals surface area contributed by atoms with Crippen LogP contribution in [0.5, 0.6) is 0 Å². The average Bonchev–Trinajstić information content (AvgIpc) is 2.41. The monoisotopic (exact) mass is 229 g/mol. The summed E-state index contributed by atoms with van der Waals surface area (Å²) >= 11 is 0. The van der Waals surface area contributed by atoms with Crippen molar-refractivity contribution in [1.29, 1.82) is 0 Å². The maximum atomic E-state index is 11.8. The zero-order valence-corrected chi connectivity index (χ0v) is 10.9. The largest absolute Gasteiger partial charge is 0.459 e. The predicted molar refractivity (Wildman–Crippen MR) is 62.1 cm³/mol. The molecular weight excluding hydrogens is 206 g/mol. The Hall–Kier alpha value is -0.610. The van der Waals surface area contributed by atoms with Crippen LogP contribution >= 0.6 is 0 Å². The molecule has 2 unspecified atom stereocenters. The lowest BCUT2D eigenvalue weighted by molar-refractivity contribution is -0.160. The number of nitrogens with zero attached hydrogens (tertiary/aromatic N) is 1. The quantitative estimate of drug-likeness (QED) is 0.722. The van der Waals surface area contributed by atoms with Gasteiger partial charge in [0.1, 0.15) is 11.6 Å². The molecule has 2 atom stereocenters. The van der Waals surface area contributed by atoms with Crippen LogP contribution in [0.2, 0.25) is 0 Å². The minimum atomic E-state index is -0.670. The molecule has 1 heterocycles. The fraction of sp³-hybridized carbons (Fsp3) is 0.917. The van der Waals surface area contributed by atoms with Crippen molar-refractivity contribution in [2.75, 3.05) is 13.1 Å². The Kier molecular flexibility index (Phi) is 3.65. The molecule has 1 fully saturated rings. The van der Waals surface area contributed by atoms with Crippen molar-refractivity contribution in [3.05, 3.63) is 0 Å². The third-order valence-electron chi connectivity index (χ3n) is 2.78. The van der Waals surface area contributed by atoms with Crippen molar-refractivity contribution < 1.29 is 14.6 Å². The lowest BCUT2D eigenvalue weighted by Gasteiger charge is -2.27. The molecule has 1 saturated heterocycles. The Morgan fingerprint density at radius 3 is 2.44 bits per heavy atom. The molecule has 1 aliphatic rings. The van der Waals surface area contributed by atoms with Crippen molar-refractivity contribution in [3.8, 4) is 0 Å². The van der Waals surface area contributed by atoms with Gasteiger partial charge in [0, 0.05) is 13.1 Å². The van der Waals surface area contributed by atoms with E-state index in [9.17, 15) is 9.90 Å². The number of carbonyl (C=O) groups is 1. The molecule has 0 bridgehead atoms. The van der Waals surface area contributed by atoms with E-state index >= 15 is 0 Å². The fourth-order valence-corrected chi connectivity index (χ4v) is 1.85. The Labute approximate surface area is 97.6 Å². The summed E-state index contributed by atoms with van der Waals surface area (Å²) in [6.07, 6.45) is 0.708. The molecule has 1 aliphatic heterocycles. The molecule has 1 N–H and O–H groups in total. The normalized spacial score (nSPS) is 29.1. The Balaban J connectivity index is 2.52. The Bertz CT molecular complexity index is 268. The van der Waals surface area contributed by atoms with Gasteiger partial charge in [-0.15, -0.1) is 0 Å². The highest BCUT2D eigenvalue weighted by atomic mass is 16.6. The first-order valence-electron chi connectivity index (χ1n) is 5.80. The van der Waals surface area contributed by atoms with E-state index in [0.29, 0.717) is 13.0 Å². The van der Waals surface area contributed by atoms with Crippen LogP contribution in [0.1, 0.15) is 41.0 Å². The van der Waals surface area contributed by atoms with Gasteiger partial charge in [0.2, 0.25) is 0 Å². The van der Waals surface area contributed by atoms with E-state index in [-0.39, 0.29) is 12.0 Å². The summed E-state index contributed by atoms with van der Waals surface area (Å²) in [5, 5.41) is 9.83. The number of likely N-dealkylation sites (tertiary alicyclic amines) is 1. The van der Waals surface area contributed by atoms with Gasteiger partial charge in [0.25, 0.3) is 0 Å². The zero-order valence-electron chi connectivity index (χ0n) is 10.9. The van der Waals surface area contributed by atoms with Gasteiger partial charge in [-0.3, -0.25) is 9.69 Å². The number of carbonyl (C=O) groups excluding carboxylic acids is 1. The van der Waals surface area contributed by atoms with Gasteiger partial charge < -0.3 is 9.84 Å². The zero-order chi connectivity index (χ0) is 12.6. The first-order valence-corrected chi connectivity index (χ1v) is 5.80. The highest BCUT2D eigenvalue weighted by molar-refractivity contribution is 5.75. The summed E-state index contributed by atoms with van der Waals surface area (Å²) in [6, 6.07) is -0.284. The second-order valence-corrected chi connectivity index (χ2v) is 5.93. The maximum Gasteiger partial charge on any atom is 0.323 e. The number of hydrogen-bond donors (Lipinski definition) is 1. The summed E-state index contributed by atoms with van der Waals surface area (Å²) in [5.41, 5.74) is -1.12. The summed E-state index contributed by atoms with van der Waals surface area (Å²) in [6.45, 7) is 10.5. The SMILES string of the molecule is CC(C(=O)OC(C)(C)C)N1CCC(C)(O)C1. The second kappa shape index (κ2) is 4.34. The molecule has 4 nitrogen and oxygen atoms in total. The summed E-state index contributed by atoms with van der Waals surface area (Å²) in [4.78, 5) is 13.8. The standard InChI is InChI=1S/C12H23NO3/c1-9(10(14)16-11(2,3)4)13-7-6-12(5,15)8-13/h9,15H,6-8H2,1-5H3. The van der Waals surface area contributed by atoms with Crippen molar-refractivity contribution in [3.63, 3.8) is 0 Å². The van der Waals surface area contributed by atoms with E-state index < -0.39 is 11.2 Å². The first kappa shape index (κ1) is 13.5. The first-order chi connectivity index (χ1) is 7.11. The molecule has 0 saturated carbocycles. The number of esters is 1. The molecule has 0 aromatic carbocycles. The van der Waals surface area contributed by atoms with E-state index in [0.717, 1.165) is 6.54 Å². The molecular formula is C12H23NO3. The Morgan fingerprint density at radius 1 is 1.50 bits per heavy atom. The van der Waals surface area contributed by atoms with Gasteiger partial charge in [-0.2, -0.15) is 0 Å². The second-order valence-electron chi connectivity index (χ2n) is 5.93. The molecule has 0 amide bonds. The molecule has 0 spiro atoms. The summed E-state index contributed by atoms with van der Waals surface area (Å²) < 4.78 is 5.32. The van der Waals surface area contributed by atoms with Crippen LogP contribution in [-0.4, -0.2) is 46.3 Å². The third-order valence-corrected chi connectivity index (χ3v) is 2.78. The lowest BCUT2D eigenvalue weighted by Crippen LogP contribution is -2.43. The molecule has 1 rings (SSSR count). The van der Waals surface area contributed by atoms with Crippen LogP contribution in [0, 0.1) is 0 Å². The minimum absolute atomic E-state index is 0.217. The molecule has 0 aromatic heterocycles. The van der Waals surface area contributed by atoms with Gasteiger partial charge in [0.05, 0.1) is 5.60 Å². The fourth-order valence-electron chi connectivity index (χ4n) is 1.85. The smallest absolute Gasteiger partial charge is 0.323 e. The molecule has 0 aromatic rings. The van der Waals surface area contributed by atoms with Gasteiger partial charge in [0.15, 0.2) is 0 Å². The number of rotatable bonds is 2. The van der Waals surface area contributed by atoms with Gasteiger partial charge in [-0.05, 0) is 41.0 Å². The van der Waals surface area contributed by atoms with E-state index in [4.69, 9.17) is 4.74 Å². The minimum Gasteiger partial charge on any atom is -0.459 e. The van der Waals surface area contributed by atoms with Crippen LogP contribution in [0.3, 0.4) is 0 Å². The number of hydrogen-bond acceptors (Lipinski definition) is 4. The van der Waals surface area contributed by atoms with Crippen LogP contribution in [0.25, 0.3) is 0 Å². The van der Waals surface area contributed by atoms with Gasteiger partial charge >= 0.3 is 5.97 Å². The van der Waals surface area contributed by atoms with Crippen molar-refractivity contribution in [1.82, 2.24) is 4.90 Å². The summed E-state index contributed by atoms with van der Waals surface area (Å²) in [7, 11) is 0. The van der Waals surface area contributed by atoms with Crippen molar-refractivity contribution >= 4 is 5.97 Å². The molecule has 94 valence electrons. The predicted octanol–water partition coefficient (Wildman–Crippen LogP) is 1.17. The lowest BCUT2D eigenvalue weighted by atomic mass is 10.1. The van der Waals surface area contributed by atoms with E-state index in [2.05, 4.69) is 0 Å². The van der Waals surface area contributed by atoms with Gasteiger partial charge in [-0.1, -0.05) is 0 Å². The summed E-state index contributed by atoms with van der Waals surface area (Å²) in [5.74, 6) is -0.217. The van der Waals surface area contributed by atoms with Crippen LogP contribution in [0.15, 0.2) is 0 Å². The maximum absolute atomic E-state index is 11.8. The number of aliphatic hydroxyl groups is 1. The van der Waals surface area contributed by atoms with Crippen LogP contribution in [-0.2, 0) is 9.53 Å². The molecule has 4 heteroatoms. The van der Waals surface area contributed by atoms with Crippen LogP contribution < -0.4 is 0 Å². The van der Waals surface area contributed by atoms with E-state index in [1.54, 1.807) is 6.92 Å². The van der Waals surface area contributed by atoms with Crippen molar-refractivity contribution in [2.45, 2.75) is 58.3 Å². The highest BCUT2D eigenvalue weighted by Crippen LogP contribution is 2.23. The highest BCUT2D eigenvalue weighted by Gasteiger charge is 2.37. The van der Waals surface area contributed by atoms with E-state index in [1.165, 1.54) is 0 Å². The van der Waals surface area contributed by atoms with Crippen LogP contribution in [0.4, 0.5) is 0 Å². The van der Waals surface area contributed by atoms with Crippen molar-refractivity contribution in [2.24, 2.45) is 0 Å². The molecule has 0 radical (unpaired) electrons.